The molecule has 1 N–H and O–H groups in total. The van der Waals surface area contributed by atoms with Gasteiger partial charge in [-0.3, -0.25) is 14.2 Å². The molecular weight excluding hydrogens is 385 g/mol. The first-order chi connectivity index (χ1) is 14.0. The number of ether oxygens (including phenoxy) is 1. The third-order valence-corrected chi connectivity index (χ3v) is 5.43. The highest BCUT2D eigenvalue weighted by atomic mass is 19.1. The first-order valence-corrected chi connectivity index (χ1v) is 9.70. The number of carbonyl (C=O) groups is 2. The molecule has 1 heterocycles. The summed E-state index contributed by atoms with van der Waals surface area (Å²) < 4.78 is 21.1. The van der Waals surface area contributed by atoms with Gasteiger partial charge in [-0.1, -0.05) is 38.5 Å². The van der Waals surface area contributed by atoms with Gasteiger partial charge >= 0.3 is 5.97 Å². The van der Waals surface area contributed by atoms with E-state index >= 15 is 0 Å². The number of benzene rings is 2. The maximum Gasteiger partial charge on any atom is 0.311 e. The lowest BCUT2D eigenvalue weighted by Gasteiger charge is -2.28. The highest BCUT2D eigenvalue weighted by Gasteiger charge is 2.38. The number of rotatable bonds is 4. The van der Waals surface area contributed by atoms with Crippen molar-refractivity contribution in [2.45, 2.75) is 40.5 Å². The lowest BCUT2D eigenvalue weighted by atomic mass is 9.75. The number of methoxy groups -OCH3 is 1. The molecule has 0 aliphatic heterocycles. The average molecular weight is 411 g/mol. The fourth-order valence-electron chi connectivity index (χ4n) is 3.97. The molecule has 3 aromatic rings. The highest BCUT2D eigenvalue weighted by molar-refractivity contribution is 6.05. The Hall–Kier alpha value is -3.15. The van der Waals surface area contributed by atoms with E-state index in [2.05, 4.69) is 0 Å². The lowest BCUT2D eigenvalue weighted by molar-refractivity contribution is -0.141. The Bertz CT molecular complexity index is 1140. The van der Waals surface area contributed by atoms with E-state index in [1.165, 1.54) is 23.8 Å². The number of halogens is 1. The van der Waals surface area contributed by atoms with Crippen molar-refractivity contribution in [1.82, 2.24) is 4.57 Å². The molecule has 0 aliphatic rings. The normalized spacial score (nSPS) is 12.8. The Morgan fingerprint density at radius 3 is 2.20 bits per heavy atom. The second-order valence-corrected chi connectivity index (χ2v) is 8.65. The van der Waals surface area contributed by atoms with Crippen molar-refractivity contribution in [3.63, 3.8) is 0 Å². The van der Waals surface area contributed by atoms with E-state index < -0.39 is 23.1 Å². The summed E-state index contributed by atoms with van der Waals surface area (Å²) in [5.74, 6) is -2.86. The number of aryl methyl sites for hydroxylation is 1. The number of aromatic nitrogens is 1. The van der Waals surface area contributed by atoms with E-state index in [9.17, 15) is 19.1 Å². The molecule has 0 saturated carbocycles. The lowest BCUT2D eigenvalue weighted by Crippen LogP contribution is -2.27. The van der Waals surface area contributed by atoms with Crippen LogP contribution in [0.25, 0.3) is 10.9 Å². The van der Waals surface area contributed by atoms with Gasteiger partial charge in [-0.25, -0.2) is 4.39 Å². The molecule has 158 valence electrons. The average Bonchev–Trinajstić information content (AvgIpc) is 2.91. The quantitative estimate of drug-likeness (QED) is 0.632. The highest BCUT2D eigenvalue weighted by Crippen LogP contribution is 2.43. The van der Waals surface area contributed by atoms with Gasteiger partial charge in [0, 0.05) is 22.7 Å². The topological polar surface area (TPSA) is 68.5 Å². The summed E-state index contributed by atoms with van der Waals surface area (Å²) in [4.78, 5) is 25.6. The van der Waals surface area contributed by atoms with Gasteiger partial charge in [0.2, 0.25) is 0 Å². The number of hydrogen-bond acceptors (Lipinski definition) is 3. The van der Waals surface area contributed by atoms with Crippen LogP contribution in [0.2, 0.25) is 0 Å². The van der Waals surface area contributed by atoms with Crippen LogP contribution in [0.5, 0.6) is 5.75 Å². The zero-order chi connectivity index (χ0) is 22.4. The van der Waals surface area contributed by atoms with E-state index in [0.29, 0.717) is 27.7 Å². The zero-order valence-corrected chi connectivity index (χ0v) is 18.0. The molecule has 1 unspecified atom stereocenters. The summed E-state index contributed by atoms with van der Waals surface area (Å²) in [6.45, 7) is 9.11. The maximum absolute atomic E-state index is 14.6. The van der Waals surface area contributed by atoms with Gasteiger partial charge in [-0.2, -0.15) is 0 Å². The van der Waals surface area contributed by atoms with Crippen LogP contribution >= 0.6 is 0 Å². The minimum absolute atomic E-state index is 0.00160. The number of nitrogens with zero attached hydrogens (tertiary/aromatic N) is 1. The third kappa shape index (κ3) is 3.58. The fourth-order valence-corrected chi connectivity index (χ4v) is 3.97. The van der Waals surface area contributed by atoms with Gasteiger partial charge < -0.3 is 9.84 Å². The number of carboxylic acids is 1. The maximum atomic E-state index is 14.6. The van der Waals surface area contributed by atoms with Crippen molar-refractivity contribution in [2.24, 2.45) is 5.41 Å². The van der Waals surface area contributed by atoms with E-state index in [4.69, 9.17) is 4.74 Å². The zero-order valence-electron chi connectivity index (χ0n) is 18.0. The molecule has 2 aromatic carbocycles. The van der Waals surface area contributed by atoms with Gasteiger partial charge in [0.25, 0.3) is 5.91 Å². The van der Waals surface area contributed by atoms with Crippen LogP contribution in [-0.2, 0) is 4.79 Å². The molecule has 1 atom stereocenters. The Labute approximate surface area is 175 Å². The summed E-state index contributed by atoms with van der Waals surface area (Å²) in [5, 5.41) is 10.5. The standard InChI is InChI=1S/C24H26FNO4/c1-13-7-9-15(10-8-13)22(27)26-14(2)20(21(23(28)29)24(3,4)5)16-11-19(30-6)17(25)12-18(16)26/h7-12,21H,1-6H3,(H,28,29). The van der Waals surface area contributed by atoms with Crippen LogP contribution in [0.1, 0.15) is 53.9 Å². The van der Waals surface area contributed by atoms with Crippen molar-refractivity contribution in [3.05, 3.63) is 64.6 Å². The summed E-state index contributed by atoms with van der Waals surface area (Å²) in [5.41, 5.74) is 2.10. The van der Waals surface area contributed by atoms with E-state index in [1.54, 1.807) is 19.1 Å². The van der Waals surface area contributed by atoms with Crippen molar-refractivity contribution < 1.29 is 23.8 Å². The minimum Gasteiger partial charge on any atom is -0.494 e. The number of aliphatic carboxylic acids is 1. The summed E-state index contributed by atoms with van der Waals surface area (Å²) in [6, 6.07) is 9.79. The van der Waals surface area contributed by atoms with Crippen molar-refractivity contribution in [2.75, 3.05) is 7.11 Å². The second-order valence-electron chi connectivity index (χ2n) is 8.65. The SMILES string of the molecule is COc1cc2c(C(C(=O)O)C(C)(C)C)c(C)n(C(=O)c3ccc(C)cc3)c2cc1F. The largest absolute Gasteiger partial charge is 0.494 e. The molecule has 0 fully saturated rings. The van der Waals surface area contributed by atoms with Crippen molar-refractivity contribution in [1.29, 1.82) is 0 Å². The molecule has 0 amide bonds. The van der Waals surface area contributed by atoms with Crippen LogP contribution in [0, 0.1) is 25.1 Å². The smallest absolute Gasteiger partial charge is 0.311 e. The van der Waals surface area contributed by atoms with Crippen LogP contribution < -0.4 is 4.74 Å². The predicted molar refractivity (Wildman–Crippen MR) is 114 cm³/mol. The number of hydrogen-bond donors (Lipinski definition) is 1. The van der Waals surface area contributed by atoms with Gasteiger partial charge in [-0.15, -0.1) is 0 Å². The molecular formula is C24H26FNO4. The molecule has 0 spiro atoms. The molecule has 30 heavy (non-hydrogen) atoms. The van der Waals surface area contributed by atoms with E-state index in [1.807, 2.05) is 39.8 Å². The number of carboxylic acid groups (broad SMARTS) is 1. The Morgan fingerprint density at radius 2 is 1.70 bits per heavy atom. The van der Waals surface area contributed by atoms with Gasteiger partial charge in [0.15, 0.2) is 11.6 Å². The van der Waals surface area contributed by atoms with Gasteiger partial charge in [0.1, 0.15) is 0 Å². The molecule has 3 rings (SSSR count). The van der Waals surface area contributed by atoms with Crippen LogP contribution in [-0.4, -0.2) is 28.7 Å². The number of carbonyl (C=O) groups excluding carboxylic acids is 1. The number of fused-ring (bicyclic) bond motifs is 1. The van der Waals surface area contributed by atoms with E-state index in [-0.39, 0.29) is 11.7 Å². The fraction of sp³-hybridized carbons (Fsp3) is 0.333. The van der Waals surface area contributed by atoms with Crippen LogP contribution in [0.15, 0.2) is 36.4 Å². The third-order valence-electron chi connectivity index (χ3n) is 5.43. The van der Waals surface area contributed by atoms with Crippen LogP contribution in [0.3, 0.4) is 0 Å². The molecule has 1 aromatic heterocycles. The summed E-state index contributed by atoms with van der Waals surface area (Å²) >= 11 is 0. The molecule has 0 bridgehead atoms. The molecule has 6 heteroatoms. The molecule has 5 nitrogen and oxygen atoms in total. The summed E-state index contributed by atoms with van der Waals surface area (Å²) in [7, 11) is 1.35. The molecule has 0 saturated heterocycles. The first kappa shape index (κ1) is 21.6. The Morgan fingerprint density at radius 1 is 1.10 bits per heavy atom. The van der Waals surface area contributed by atoms with Crippen molar-refractivity contribution in [3.8, 4) is 5.75 Å². The Kier molecular flexibility index (Phi) is 5.46. The first-order valence-electron chi connectivity index (χ1n) is 9.70. The Balaban J connectivity index is 2.40. The van der Waals surface area contributed by atoms with E-state index in [0.717, 1.165) is 5.56 Å². The van der Waals surface area contributed by atoms with Gasteiger partial charge in [-0.05, 0) is 43.0 Å². The molecule has 0 radical (unpaired) electrons. The predicted octanol–water partition coefficient (Wildman–Crippen LogP) is 5.31. The van der Waals surface area contributed by atoms with Gasteiger partial charge in [0.05, 0.1) is 18.5 Å². The minimum atomic E-state index is -1.00. The van der Waals surface area contributed by atoms with Crippen molar-refractivity contribution >= 4 is 22.8 Å². The summed E-state index contributed by atoms with van der Waals surface area (Å²) in [6.07, 6.45) is 0. The van der Waals surface area contributed by atoms with Crippen LogP contribution in [0.4, 0.5) is 4.39 Å². The second kappa shape index (κ2) is 7.59. The molecule has 0 aliphatic carbocycles. The monoisotopic (exact) mass is 411 g/mol.